The Bertz CT molecular complexity index is 666. The van der Waals surface area contributed by atoms with E-state index in [2.05, 4.69) is 19.2 Å². The van der Waals surface area contributed by atoms with Gasteiger partial charge >= 0.3 is 0 Å². The average molecular weight is 283 g/mol. The summed E-state index contributed by atoms with van der Waals surface area (Å²) in [5.74, 6) is 1.71. The number of hydrogen-bond donors (Lipinski definition) is 1. The highest BCUT2D eigenvalue weighted by Crippen LogP contribution is 2.27. The second-order valence-electron chi connectivity index (χ2n) is 5.46. The van der Waals surface area contributed by atoms with E-state index in [1.165, 1.54) is 6.08 Å². The predicted octanol–water partition coefficient (Wildman–Crippen LogP) is 4.67. The number of amides is 1. The molecule has 1 heterocycles. The fourth-order valence-electron chi connectivity index (χ4n) is 2.21. The normalized spacial score (nSPS) is 11.3. The van der Waals surface area contributed by atoms with E-state index in [1.807, 2.05) is 44.2 Å². The lowest BCUT2D eigenvalue weighted by atomic mass is 9.98. The highest BCUT2D eigenvalue weighted by molar-refractivity contribution is 6.02. The van der Waals surface area contributed by atoms with Gasteiger partial charge in [0.05, 0.1) is 0 Å². The molecule has 0 atom stereocenters. The van der Waals surface area contributed by atoms with Crippen LogP contribution in [0.2, 0.25) is 0 Å². The van der Waals surface area contributed by atoms with Crippen LogP contribution in [-0.2, 0) is 4.79 Å². The van der Waals surface area contributed by atoms with Gasteiger partial charge in [0.25, 0.3) is 0 Å². The highest BCUT2D eigenvalue weighted by Gasteiger charge is 2.10. The number of furan rings is 1. The first-order valence-electron chi connectivity index (χ1n) is 7.12. The summed E-state index contributed by atoms with van der Waals surface area (Å²) in [5, 5.41) is 2.97. The van der Waals surface area contributed by atoms with Gasteiger partial charge in [-0.05, 0) is 49.1 Å². The monoisotopic (exact) mass is 283 g/mol. The lowest BCUT2D eigenvalue weighted by Gasteiger charge is -2.15. The molecule has 0 spiro atoms. The van der Waals surface area contributed by atoms with Gasteiger partial charge in [-0.1, -0.05) is 32.0 Å². The maximum Gasteiger partial charge on any atom is 0.248 e. The molecule has 1 aromatic carbocycles. The van der Waals surface area contributed by atoms with E-state index >= 15 is 0 Å². The SMILES string of the molecule is Cc1ccc(C=CC(=O)Nc2c(C)cccc2C(C)C)o1. The van der Waals surface area contributed by atoms with Crippen molar-refractivity contribution in [3.05, 3.63) is 59.1 Å². The molecule has 0 unspecified atom stereocenters. The number of nitrogens with one attached hydrogen (secondary N) is 1. The lowest BCUT2D eigenvalue weighted by Crippen LogP contribution is -2.11. The molecule has 1 N–H and O–H groups in total. The Kier molecular flexibility index (Phi) is 4.63. The number of aryl methyl sites for hydroxylation is 2. The topological polar surface area (TPSA) is 42.2 Å². The van der Waals surface area contributed by atoms with Gasteiger partial charge in [0.15, 0.2) is 0 Å². The Morgan fingerprint density at radius 3 is 2.57 bits per heavy atom. The van der Waals surface area contributed by atoms with Crippen LogP contribution in [0.25, 0.3) is 6.08 Å². The Balaban J connectivity index is 2.15. The van der Waals surface area contributed by atoms with Gasteiger partial charge in [-0.25, -0.2) is 0 Å². The Morgan fingerprint density at radius 2 is 1.95 bits per heavy atom. The van der Waals surface area contributed by atoms with E-state index in [0.29, 0.717) is 11.7 Å². The van der Waals surface area contributed by atoms with Crippen molar-refractivity contribution in [1.29, 1.82) is 0 Å². The van der Waals surface area contributed by atoms with Crippen LogP contribution in [0.1, 0.15) is 42.4 Å². The van der Waals surface area contributed by atoms with Crippen LogP contribution in [0.3, 0.4) is 0 Å². The van der Waals surface area contributed by atoms with Gasteiger partial charge in [0, 0.05) is 11.8 Å². The van der Waals surface area contributed by atoms with Gasteiger partial charge in [0.2, 0.25) is 5.91 Å². The smallest absolute Gasteiger partial charge is 0.248 e. The molecule has 1 aromatic heterocycles. The molecule has 2 aromatic rings. The highest BCUT2D eigenvalue weighted by atomic mass is 16.3. The van der Waals surface area contributed by atoms with Crippen molar-refractivity contribution in [2.75, 3.05) is 5.32 Å². The molecule has 0 aliphatic rings. The zero-order chi connectivity index (χ0) is 15.4. The molecule has 3 nitrogen and oxygen atoms in total. The van der Waals surface area contributed by atoms with Crippen molar-refractivity contribution in [1.82, 2.24) is 0 Å². The third-order valence-electron chi connectivity index (χ3n) is 3.34. The summed E-state index contributed by atoms with van der Waals surface area (Å²) in [5.41, 5.74) is 3.11. The van der Waals surface area contributed by atoms with E-state index < -0.39 is 0 Å². The molecule has 21 heavy (non-hydrogen) atoms. The molecule has 3 heteroatoms. The van der Waals surface area contributed by atoms with E-state index in [9.17, 15) is 4.79 Å². The van der Waals surface area contributed by atoms with Crippen molar-refractivity contribution in [2.45, 2.75) is 33.6 Å². The van der Waals surface area contributed by atoms with Gasteiger partial charge in [0.1, 0.15) is 11.5 Å². The average Bonchev–Trinajstić information content (AvgIpc) is 2.84. The van der Waals surface area contributed by atoms with E-state index in [1.54, 1.807) is 6.08 Å². The van der Waals surface area contributed by atoms with Crippen LogP contribution in [0.5, 0.6) is 0 Å². The summed E-state index contributed by atoms with van der Waals surface area (Å²) < 4.78 is 5.40. The van der Waals surface area contributed by atoms with Crippen molar-refractivity contribution in [3.8, 4) is 0 Å². The zero-order valence-corrected chi connectivity index (χ0v) is 12.9. The van der Waals surface area contributed by atoms with Gasteiger partial charge in [-0.15, -0.1) is 0 Å². The molecule has 0 aliphatic heterocycles. The summed E-state index contributed by atoms with van der Waals surface area (Å²) in [7, 11) is 0. The zero-order valence-electron chi connectivity index (χ0n) is 12.9. The van der Waals surface area contributed by atoms with Crippen molar-refractivity contribution in [2.24, 2.45) is 0 Å². The third kappa shape index (κ3) is 3.85. The first kappa shape index (κ1) is 15.1. The second-order valence-corrected chi connectivity index (χ2v) is 5.46. The van der Waals surface area contributed by atoms with Crippen LogP contribution in [0, 0.1) is 13.8 Å². The van der Waals surface area contributed by atoms with Crippen LogP contribution < -0.4 is 5.32 Å². The second kappa shape index (κ2) is 6.44. The number of para-hydroxylation sites is 1. The first-order valence-corrected chi connectivity index (χ1v) is 7.12. The Labute approximate surface area is 125 Å². The summed E-state index contributed by atoms with van der Waals surface area (Å²) >= 11 is 0. The Morgan fingerprint density at radius 1 is 1.19 bits per heavy atom. The molecule has 0 fully saturated rings. The molecule has 0 saturated carbocycles. The van der Waals surface area contributed by atoms with Gasteiger partial charge in [-0.3, -0.25) is 4.79 Å². The standard InChI is InChI=1S/C18H21NO2/c1-12(2)16-7-5-6-13(3)18(16)19-17(20)11-10-15-9-8-14(4)21-15/h5-12H,1-4H3,(H,19,20). The number of benzene rings is 1. The van der Waals surface area contributed by atoms with E-state index in [-0.39, 0.29) is 5.91 Å². The Hall–Kier alpha value is -2.29. The van der Waals surface area contributed by atoms with E-state index in [0.717, 1.165) is 22.6 Å². The number of carbonyl (C=O) groups is 1. The first-order chi connectivity index (χ1) is 9.97. The van der Waals surface area contributed by atoms with Crippen LogP contribution in [0.4, 0.5) is 5.69 Å². The fraction of sp³-hybridized carbons (Fsp3) is 0.278. The maximum absolute atomic E-state index is 12.1. The largest absolute Gasteiger partial charge is 0.462 e. The maximum atomic E-state index is 12.1. The minimum Gasteiger partial charge on any atom is -0.462 e. The number of hydrogen-bond acceptors (Lipinski definition) is 2. The number of carbonyl (C=O) groups excluding carboxylic acids is 1. The molecular formula is C18H21NO2. The quantitative estimate of drug-likeness (QED) is 0.828. The molecule has 2 rings (SSSR count). The molecule has 0 saturated heterocycles. The van der Waals surface area contributed by atoms with E-state index in [4.69, 9.17) is 4.42 Å². The number of anilines is 1. The minimum atomic E-state index is -0.153. The van der Waals surface area contributed by atoms with Crippen molar-refractivity contribution in [3.63, 3.8) is 0 Å². The molecule has 0 aliphatic carbocycles. The molecule has 1 amide bonds. The van der Waals surface area contributed by atoms with Crippen molar-refractivity contribution >= 4 is 17.7 Å². The van der Waals surface area contributed by atoms with Crippen molar-refractivity contribution < 1.29 is 9.21 Å². The molecule has 0 radical (unpaired) electrons. The molecule has 110 valence electrons. The summed E-state index contributed by atoms with van der Waals surface area (Å²) in [4.78, 5) is 12.1. The summed E-state index contributed by atoms with van der Waals surface area (Å²) in [6, 6.07) is 9.78. The lowest BCUT2D eigenvalue weighted by molar-refractivity contribution is -0.111. The van der Waals surface area contributed by atoms with Gasteiger partial charge in [-0.2, -0.15) is 0 Å². The predicted molar refractivity (Wildman–Crippen MR) is 86.4 cm³/mol. The molecule has 0 bridgehead atoms. The van der Waals surface area contributed by atoms with Crippen LogP contribution >= 0.6 is 0 Å². The van der Waals surface area contributed by atoms with Crippen LogP contribution in [0.15, 0.2) is 40.8 Å². The fourth-order valence-corrected chi connectivity index (χ4v) is 2.21. The molecular weight excluding hydrogens is 262 g/mol. The summed E-state index contributed by atoms with van der Waals surface area (Å²) in [6.45, 7) is 8.11. The van der Waals surface area contributed by atoms with Crippen LogP contribution in [-0.4, -0.2) is 5.91 Å². The summed E-state index contributed by atoms with van der Waals surface area (Å²) in [6.07, 6.45) is 3.17. The number of rotatable bonds is 4. The minimum absolute atomic E-state index is 0.153. The third-order valence-corrected chi connectivity index (χ3v) is 3.34. The van der Waals surface area contributed by atoms with Gasteiger partial charge < -0.3 is 9.73 Å².